The molecule has 4 rings (SSSR count). The van der Waals surface area contributed by atoms with Crippen molar-refractivity contribution >= 4 is 45.8 Å². The van der Waals surface area contributed by atoms with Gasteiger partial charge in [-0.15, -0.1) is 0 Å². The molecule has 7 nitrogen and oxygen atoms in total. The van der Waals surface area contributed by atoms with Crippen molar-refractivity contribution in [2.75, 3.05) is 11.9 Å². The number of hydrogen-bond acceptors (Lipinski definition) is 4. The molecule has 1 N–H and O–H groups in total. The first-order valence-electron chi connectivity index (χ1n) is 9.76. The maximum atomic E-state index is 12.3. The number of benzene rings is 2. The van der Waals surface area contributed by atoms with Crippen LogP contribution in [0.2, 0.25) is 10.0 Å². The van der Waals surface area contributed by atoms with Crippen molar-refractivity contribution in [1.29, 1.82) is 0 Å². The Kier molecular flexibility index (Phi) is 6.15. The van der Waals surface area contributed by atoms with Crippen LogP contribution in [0.3, 0.4) is 0 Å². The van der Waals surface area contributed by atoms with Crippen molar-refractivity contribution in [1.82, 2.24) is 19.3 Å². The summed E-state index contributed by atoms with van der Waals surface area (Å²) in [4.78, 5) is 17.1. The van der Waals surface area contributed by atoms with Crippen molar-refractivity contribution in [3.63, 3.8) is 0 Å². The zero-order chi connectivity index (χ0) is 22.0. The van der Waals surface area contributed by atoms with Gasteiger partial charge in [0.05, 0.1) is 22.6 Å². The topological polar surface area (TPSA) is 74.0 Å². The summed E-state index contributed by atoms with van der Waals surface area (Å²) < 4.78 is 9.50. The Morgan fingerprint density at radius 3 is 2.74 bits per heavy atom. The molecule has 9 heteroatoms. The second-order valence-corrected chi connectivity index (χ2v) is 8.15. The molecule has 0 saturated heterocycles. The molecular formula is C22H21Cl2N5O2. The molecule has 4 aromatic rings. The van der Waals surface area contributed by atoms with Crippen LogP contribution in [-0.2, 0) is 11.3 Å². The molecule has 0 spiro atoms. The van der Waals surface area contributed by atoms with Gasteiger partial charge in [-0.05, 0) is 56.3 Å². The summed E-state index contributed by atoms with van der Waals surface area (Å²) in [6, 6.07) is 12.6. The van der Waals surface area contributed by atoms with Gasteiger partial charge in [0.2, 0.25) is 0 Å². The third kappa shape index (κ3) is 4.84. The number of carbonyl (C=O) groups excluding carboxylic acids is 1. The highest BCUT2D eigenvalue weighted by Crippen LogP contribution is 2.28. The summed E-state index contributed by atoms with van der Waals surface area (Å²) in [5.41, 5.74) is 2.44. The average Bonchev–Trinajstić information content (AvgIpc) is 3.34. The molecule has 0 aliphatic heterocycles. The molecule has 2 aromatic carbocycles. The van der Waals surface area contributed by atoms with E-state index in [4.69, 9.17) is 32.9 Å². The number of aromatic nitrogens is 4. The van der Waals surface area contributed by atoms with Crippen LogP contribution in [0, 0.1) is 0 Å². The number of nitrogens with one attached hydrogen (secondary N) is 1. The number of nitrogens with zero attached hydrogens (tertiary/aromatic N) is 4. The summed E-state index contributed by atoms with van der Waals surface area (Å²) in [7, 11) is 0. The molecule has 0 fully saturated rings. The van der Waals surface area contributed by atoms with E-state index in [2.05, 4.69) is 28.8 Å². The van der Waals surface area contributed by atoms with Crippen LogP contribution in [0.25, 0.3) is 11.0 Å². The largest absolute Gasteiger partial charge is 0.482 e. The fraction of sp³-hybridized carbons (Fsp3) is 0.227. The number of anilines is 1. The van der Waals surface area contributed by atoms with Crippen LogP contribution in [0.15, 0.2) is 54.9 Å². The van der Waals surface area contributed by atoms with Gasteiger partial charge in [0, 0.05) is 29.1 Å². The number of imidazole rings is 1. The predicted molar refractivity (Wildman–Crippen MR) is 122 cm³/mol. The van der Waals surface area contributed by atoms with E-state index in [-0.39, 0.29) is 18.6 Å². The normalized spacial score (nSPS) is 11.3. The lowest BCUT2D eigenvalue weighted by Gasteiger charge is -2.13. The third-order valence-electron chi connectivity index (χ3n) is 4.68. The maximum absolute atomic E-state index is 12.3. The van der Waals surface area contributed by atoms with Crippen LogP contribution < -0.4 is 10.1 Å². The number of fused-ring (bicyclic) bond motifs is 1. The van der Waals surface area contributed by atoms with Gasteiger partial charge in [-0.1, -0.05) is 23.2 Å². The number of rotatable bonds is 7. The lowest BCUT2D eigenvalue weighted by molar-refractivity contribution is -0.118. The molecule has 0 bridgehead atoms. The second kappa shape index (κ2) is 8.99. The first kappa shape index (κ1) is 21.2. The van der Waals surface area contributed by atoms with E-state index in [1.54, 1.807) is 24.4 Å². The van der Waals surface area contributed by atoms with Gasteiger partial charge in [-0.25, -0.2) is 4.98 Å². The Balaban J connectivity index is 1.50. The Morgan fingerprint density at radius 1 is 1.19 bits per heavy atom. The second-order valence-electron chi connectivity index (χ2n) is 7.31. The number of halogens is 2. The van der Waals surface area contributed by atoms with Gasteiger partial charge >= 0.3 is 0 Å². The number of ether oxygens (including phenoxy) is 1. The molecule has 1 amide bonds. The van der Waals surface area contributed by atoms with E-state index < -0.39 is 0 Å². The first-order valence-corrected chi connectivity index (χ1v) is 10.5. The minimum Gasteiger partial charge on any atom is -0.482 e. The zero-order valence-electron chi connectivity index (χ0n) is 17.0. The fourth-order valence-corrected chi connectivity index (χ4v) is 3.85. The van der Waals surface area contributed by atoms with Gasteiger partial charge in [-0.3, -0.25) is 9.48 Å². The molecule has 0 aliphatic carbocycles. The summed E-state index contributed by atoms with van der Waals surface area (Å²) in [5.74, 6) is 0.999. The minimum absolute atomic E-state index is 0.176. The van der Waals surface area contributed by atoms with Gasteiger partial charge < -0.3 is 14.6 Å². The van der Waals surface area contributed by atoms with Crippen molar-refractivity contribution in [2.24, 2.45) is 0 Å². The summed E-state index contributed by atoms with van der Waals surface area (Å²) in [5, 5.41) is 7.97. The van der Waals surface area contributed by atoms with Crippen LogP contribution in [0.5, 0.6) is 5.75 Å². The average molecular weight is 458 g/mol. The van der Waals surface area contributed by atoms with Crippen molar-refractivity contribution in [3.8, 4) is 5.75 Å². The maximum Gasteiger partial charge on any atom is 0.262 e. The molecular weight excluding hydrogens is 437 g/mol. The van der Waals surface area contributed by atoms with E-state index >= 15 is 0 Å². The Labute approximate surface area is 189 Å². The molecule has 2 heterocycles. The zero-order valence-corrected chi connectivity index (χ0v) is 18.6. The molecule has 2 aromatic heterocycles. The Bertz CT molecular complexity index is 1220. The van der Waals surface area contributed by atoms with Crippen LogP contribution in [-0.4, -0.2) is 31.8 Å². The van der Waals surface area contributed by atoms with Crippen LogP contribution in [0.4, 0.5) is 5.69 Å². The number of hydrogen-bond donors (Lipinski definition) is 1. The monoisotopic (exact) mass is 457 g/mol. The standard InChI is InChI=1S/C22H21Cl2N5O2/c1-14(2)29-19-6-5-16(11-18(19)27-21(29)12-28-9-3-8-25-28)26-22(30)13-31-20-7-4-15(23)10-17(20)24/h3-11,14H,12-13H2,1-2H3,(H,26,30). The molecule has 31 heavy (non-hydrogen) atoms. The summed E-state index contributed by atoms with van der Waals surface area (Å²) in [6.07, 6.45) is 3.65. The highest BCUT2D eigenvalue weighted by Gasteiger charge is 2.15. The van der Waals surface area contributed by atoms with Crippen molar-refractivity contribution in [2.45, 2.75) is 26.4 Å². The highest BCUT2D eigenvalue weighted by molar-refractivity contribution is 6.35. The van der Waals surface area contributed by atoms with Crippen molar-refractivity contribution in [3.05, 3.63) is 70.7 Å². The van der Waals surface area contributed by atoms with E-state index in [1.165, 1.54) is 0 Å². The lowest BCUT2D eigenvalue weighted by Crippen LogP contribution is -2.20. The van der Waals surface area contributed by atoms with Crippen LogP contribution >= 0.6 is 23.2 Å². The molecule has 0 radical (unpaired) electrons. The number of carbonyl (C=O) groups is 1. The summed E-state index contributed by atoms with van der Waals surface area (Å²) >= 11 is 11.9. The van der Waals surface area contributed by atoms with Gasteiger partial charge in [0.15, 0.2) is 6.61 Å². The van der Waals surface area contributed by atoms with Gasteiger partial charge in [0.1, 0.15) is 11.6 Å². The van der Waals surface area contributed by atoms with Gasteiger partial charge in [-0.2, -0.15) is 5.10 Å². The first-order chi connectivity index (χ1) is 14.9. The van der Waals surface area contributed by atoms with Gasteiger partial charge in [0.25, 0.3) is 5.91 Å². The minimum atomic E-state index is -0.301. The summed E-state index contributed by atoms with van der Waals surface area (Å²) in [6.45, 7) is 4.62. The smallest absolute Gasteiger partial charge is 0.262 e. The van der Waals surface area contributed by atoms with E-state index in [1.807, 2.05) is 35.1 Å². The molecule has 0 aliphatic rings. The third-order valence-corrected chi connectivity index (χ3v) is 5.21. The van der Waals surface area contributed by atoms with E-state index in [9.17, 15) is 4.79 Å². The fourth-order valence-electron chi connectivity index (χ4n) is 3.39. The lowest BCUT2D eigenvalue weighted by atomic mass is 10.2. The molecule has 0 atom stereocenters. The number of amides is 1. The SMILES string of the molecule is CC(C)n1c(Cn2cccn2)nc2cc(NC(=O)COc3ccc(Cl)cc3Cl)ccc21. The predicted octanol–water partition coefficient (Wildman–Crippen LogP) is 5.19. The Morgan fingerprint density at radius 2 is 2.03 bits per heavy atom. The van der Waals surface area contributed by atoms with Crippen LogP contribution in [0.1, 0.15) is 25.7 Å². The molecule has 0 saturated carbocycles. The Hall–Kier alpha value is -3.03. The molecule has 160 valence electrons. The van der Waals surface area contributed by atoms with E-state index in [0.717, 1.165) is 16.9 Å². The molecule has 0 unspecified atom stereocenters. The quantitative estimate of drug-likeness (QED) is 0.414. The van der Waals surface area contributed by atoms with Crippen molar-refractivity contribution < 1.29 is 9.53 Å². The van der Waals surface area contributed by atoms with E-state index in [0.29, 0.717) is 28.0 Å². The highest BCUT2D eigenvalue weighted by atomic mass is 35.5.